The van der Waals surface area contributed by atoms with Crippen LogP contribution in [0, 0.1) is 0 Å². The topological polar surface area (TPSA) is 68.3 Å². The molecule has 0 aliphatic carbocycles. The summed E-state index contributed by atoms with van der Waals surface area (Å²) in [7, 11) is -5.06. The lowest BCUT2D eigenvalue weighted by Gasteiger charge is -2.16. The van der Waals surface area contributed by atoms with Gasteiger partial charge in [-0.25, -0.2) is 8.42 Å². The van der Waals surface area contributed by atoms with Gasteiger partial charge in [0.25, 0.3) is 5.24 Å². The van der Waals surface area contributed by atoms with Crippen molar-refractivity contribution in [3.8, 4) is 0 Å². The van der Waals surface area contributed by atoms with E-state index in [4.69, 9.17) is 11.6 Å². The van der Waals surface area contributed by atoms with Crippen LogP contribution in [0.5, 0.6) is 0 Å². The fraction of sp³-hybridized carbons (Fsp3) is 0.533. The maximum Gasteiger partial charge on any atom is 0.252 e. The number of rotatable bonds is 7. The van der Waals surface area contributed by atoms with Crippen LogP contribution in [0.2, 0.25) is 0 Å². The normalized spacial score (nSPS) is 14.6. The van der Waals surface area contributed by atoms with Crippen LogP contribution < -0.4 is 0 Å². The van der Waals surface area contributed by atoms with Gasteiger partial charge in [-0.3, -0.25) is 9.00 Å². The van der Waals surface area contributed by atoms with E-state index in [1.165, 1.54) is 6.07 Å². The minimum Gasteiger partial charge on any atom is -0.276 e. The minimum absolute atomic E-state index is 0.0741. The van der Waals surface area contributed by atoms with Gasteiger partial charge in [0, 0.05) is 17.1 Å². The quantitative estimate of drug-likeness (QED) is 0.696. The summed E-state index contributed by atoms with van der Waals surface area (Å²) in [5, 5.41) is -0.867. The van der Waals surface area contributed by atoms with Crippen LogP contribution in [-0.2, 0) is 27.1 Å². The molecule has 4 nitrogen and oxygen atoms in total. The molecular weight excluding hydrogens is 344 g/mol. The third-order valence-corrected chi connectivity index (χ3v) is 6.65. The Bertz CT molecular complexity index is 696. The zero-order chi connectivity index (χ0) is 17.1. The van der Waals surface area contributed by atoms with Crippen molar-refractivity contribution < 1.29 is 17.4 Å². The van der Waals surface area contributed by atoms with Crippen LogP contribution in [0.1, 0.15) is 49.5 Å². The van der Waals surface area contributed by atoms with E-state index in [1.807, 2.05) is 20.8 Å². The highest BCUT2D eigenvalue weighted by Crippen LogP contribution is 2.28. The second-order valence-electron chi connectivity index (χ2n) is 5.25. The molecule has 7 heteroatoms. The lowest BCUT2D eigenvalue weighted by molar-refractivity contribution is 0.108. The Morgan fingerprint density at radius 1 is 1.32 bits per heavy atom. The number of sulfone groups is 1. The van der Waals surface area contributed by atoms with Gasteiger partial charge in [-0.1, -0.05) is 27.2 Å². The largest absolute Gasteiger partial charge is 0.276 e. The molecule has 0 heterocycles. The van der Waals surface area contributed by atoms with Gasteiger partial charge in [-0.2, -0.15) is 0 Å². The molecule has 0 saturated heterocycles. The summed E-state index contributed by atoms with van der Waals surface area (Å²) in [5.74, 6) is 0. The summed E-state index contributed by atoms with van der Waals surface area (Å²) < 4.78 is 36.7. The molecule has 0 fully saturated rings. The fourth-order valence-electron chi connectivity index (χ4n) is 2.25. The lowest BCUT2D eigenvalue weighted by atomic mass is 10.1. The van der Waals surface area contributed by atoms with Gasteiger partial charge in [0.05, 0.1) is 20.6 Å². The summed E-state index contributed by atoms with van der Waals surface area (Å²) in [6.45, 7) is 5.65. The second kappa shape index (κ2) is 7.70. The molecule has 2 unspecified atom stereocenters. The summed E-state index contributed by atoms with van der Waals surface area (Å²) in [6, 6.07) is 2.81. The molecule has 0 N–H and O–H groups in total. The van der Waals surface area contributed by atoms with Gasteiger partial charge in [-0.15, -0.1) is 0 Å². The predicted molar refractivity (Wildman–Crippen MR) is 89.9 cm³/mol. The zero-order valence-electron chi connectivity index (χ0n) is 13.2. The zero-order valence-corrected chi connectivity index (χ0v) is 15.6. The van der Waals surface area contributed by atoms with Crippen molar-refractivity contribution >= 4 is 37.5 Å². The first-order valence-corrected chi connectivity index (χ1v) is 10.6. The van der Waals surface area contributed by atoms with Crippen molar-refractivity contribution in [2.24, 2.45) is 0 Å². The van der Waals surface area contributed by atoms with Crippen molar-refractivity contribution in [1.29, 1.82) is 0 Å². The summed E-state index contributed by atoms with van der Waals surface area (Å²) >= 11 is 5.54. The highest BCUT2D eigenvalue weighted by atomic mass is 35.5. The van der Waals surface area contributed by atoms with Crippen LogP contribution in [0.25, 0.3) is 0 Å². The van der Waals surface area contributed by atoms with Crippen molar-refractivity contribution in [2.45, 2.75) is 55.1 Å². The van der Waals surface area contributed by atoms with Gasteiger partial charge in [0.15, 0.2) is 9.84 Å². The molecule has 0 bridgehead atoms. The standard InChI is InChI=1S/C15H21ClO4S2/c1-5-7-10(3)21(18)13-8-11(6-2)12(15(16)17)9-14(13)22(4,19)20/h8-10H,5-7H2,1-4H3. The van der Waals surface area contributed by atoms with Gasteiger partial charge >= 0.3 is 0 Å². The first kappa shape index (κ1) is 19.3. The van der Waals surface area contributed by atoms with E-state index in [-0.39, 0.29) is 20.6 Å². The number of benzene rings is 1. The molecule has 1 aromatic carbocycles. The van der Waals surface area contributed by atoms with Crippen LogP contribution in [0.15, 0.2) is 21.9 Å². The first-order valence-electron chi connectivity index (χ1n) is 7.10. The SMILES string of the molecule is CCCC(C)S(=O)c1cc(CC)c(C(=O)Cl)cc1S(C)(=O)=O. The average Bonchev–Trinajstić information content (AvgIpc) is 2.44. The molecule has 0 radical (unpaired) electrons. The Labute approximate surface area is 139 Å². The summed E-state index contributed by atoms with van der Waals surface area (Å²) in [4.78, 5) is 11.7. The Kier molecular flexibility index (Phi) is 6.77. The van der Waals surface area contributed by atoms with Crippen LogP contribution in [0.4, 0.5) is 0 Å². The van der Waals surface area contributed by atoms with Gasteiger partial charge in [0.2, 0.25) is 0 Å². The Morgan fingerprint density at radius 2 is 1.91 bits per heavy atom. The second-order valence-corrected chi connectivity index (χ2v) is 9.42. The molecule has 124 valence electrons. The first-order chi connectivity index (χ1) is 10.1. The van der Waals surface area contributed by atoms with Gasteiger partial charge in [0.1, 0.15) is 0 Å². The van der Waals surface area contributed by atoms with E-state index in [0.29, 0.717) is 12.0 Å². The highest BCUT2D eigenvalue weighted by molar-refractivity contribution is 7.92. The van der Waals surface area contributed by atoms with Crippen LogP contribution >= 0.6 is 11.6 Å². The maximum absolute atomic E-state index is 12.7. The van der Waals surface area contributed by atoms with Crippen molar-refractivity contribution in [1.82, 2.24) is 0 Å². The van der Waals surface area contributed by atoms with E-state index in [0.717, 1.165) is 19.1 Å². The highest BCUT2D eigenvalue weighted by Gasteiger charge is 2.24. The van der Waals surface area contributed by atoms with E-state index in [9.17, 15) is 17.4 Å². The minimum atomic E-state index is -3.61. The maximum atomic E-state index is 12.7. The van der Waals surface area contributed by atoms with Gasteiger partial charge in [-0.05, 0) is 42.1 Å². The molecule has 22 heavy (non-hydrogen) atoms. The third-order valence-electron chi connectivity index (χ3n) is 3.44. The smallest absolute Gasteiger partial charge is 0.252 e. The molecule has 0 aromatic heterocycles. The fourth-order valence-corrected chi connectivity index (χ4v) is 5.29. The van der Waals surface area contributed by atoms with E-state index < -0.39 is 25.9 Å². The molecule has 0 spiro atoms. The summed E-state index contributed by atoms with van der Waals surface area (Å²) in [6.07, 6.45) is 3.14. The Balaban J connectivity index is 3.61. The Hall–Kier alpha value is -0.720. The average molecular weight is 365 g/mol. The molecule has 0 aliphatic rings. The molecule has 1 aromatic rings. The van der Waals surface area contributed by atoms with E-state index in [1.54, 1.807) is 6.07 Å². The Morgan fingerprint density at radius 3 is 2.32 bits per heavy atom. The number of hydrogen-bond donors (Lipinski definition) is 0. The van der Waals surface area contributed by atoms with Crippen molar-refractivity contribution in [2.75, 3.05) is 6.26 Å². The summed E-state index contributed by atoms with van der Waals surface area (Å²) in [5.41, 5.74) is 0.771. The van der Waals surface area contributed by atoms with Crippen molar-refractivity contribution in [3.63, 3.8) is 0 Å². The molecule has 0 aliphatic heterocycles. The van der Waals surface area contributed by atoms with E-state index in [2.05, 4.69) is 0 Å². The molecule has 2 atom stereocenters. The predicted octanol–water partition coefficient (Wildman–Crippen LogP) is 3.33. The van der Waals surface area contributed by atoms with Crippen molar-refractivity contribution in [3.05, 3.63) is 23.3 Å². The molecular formula is C15H21ClO4S2. The number of carbonyl (C=O) groups is 1. The molecule has 0 saturated carbocycles. The number of aryl methyl sites for hydroxylation is 1. The lowest BCUT2D eigenvalue weighted by Crippen LogP contribution is -2.15. The van der Waals surface area contributed by atoms with Crippen LogP contribution in [0.3, 0.4) is 0 Å². The number of carbonyl (C=O) groups excluding carboxylic acids is 1. The van der Waals surface area contributed by atoms with Gasteiger partial charge < -0.3 is 0 Å². The number of hydrogen-bond acceptors (Lipinski definition) is 4. The monoisotopic (exact) mass is 364 g/mol. The van der Waals surface area contributed by atoms with Crippen LogP contribution in [-0.4, -0.2) is 29.4 Å². The third kappa shape index (κ3) is 4.40. The molecule has 0 amide bonds. The molecule has 1 rings (SSSR count). The number of halogens is 1. The van der Waals surface area contributed by atoms with E-state index >= 15 is 0 Å².